The lowest BCUT2D eigenvalue weighted by molar-refractivity contribution is 0.247. The van der Waals surface area contributed by atoms with Crippen LogP contribution in [0.3, 0.4) is 0 Å². The van der Waals surface area contributed by atoms with E-state index < -0.39 is 6.03 Å². The van der Waals surface area contributed by atoms with Gasteiger partial charge in [0.1, 0.15) is 5.58 Å². The van der Waals surface area contributed by atoms with Crippen LogP contribution in [0.4, 0.5) is 4.79 Å². The first kappa shape index (κ1) is 12.3. The number of nitrogens with one attached hydrogen (secondary N) is 1. The first-order valence-corrected chi connectivity index (χ1v) is 6.33. The Bertz CT molecular complexity index is 734. The molecule has 0 spiro atoms. The van der Waals surface area contributed by atoms with Gasteiger partial charge in [0, 0.05) is 10.9 Å². The van der Waals surface area contributed by atoms with E-state index >= 15 is 0 Å². The number of furan rings is 1. The Kier molecular flexibility index (Phi) is 3.13. The SMILES string of the molecule is NC(=O)N[C@@H](c1ccccc1)c1coc2ccccc12. The average Bonchev–Trinajstić information content (AvgIpc) is 2.89. The van der Waals surface area contributed by atoms with Gasteiger partial charge in [0.15, 0.2) is 0 Å². The van der Waals surface area contributed by atoms with Crippen LogP contribution in [0.15, 0.2) is 65.3 Å². The zero-order chi connectivity index (χ0) is 13.9. The van der Waals surface area contributed by atoms with E-state index in [2.05, 4.69) is 5.32 Å². The lowest BCUT2D eigenvalue weighted by Gasteiger charge is -2.17. The number of carbonyl (C=O) groups is 1. The molecule has 0 aliphatic rings. The molecule has 0 aliphatic heterocycles. The highest BCUT2D eigenvalue weighted by molar-refractivity contribution is 5.83. The Hall–Kier alpha value is -2.75. The average molecular weight is 266 g/mol. The van der Waals surface area contributed by atoms with Crippen molar-refractivity contribution in [3.63, 3.8) is 0 Å². The Morgan fingerprint density at radius 1 is 1.05 bits per heavy atom. The smallest absolute Gasteiger partial charge is 0.312 e. The molecular formula is C16H14N2O2. The van der Waals surface area contributed by atoms with E-state index in [1.54, 1.807) is 6.26 Å². The fraction of sp³-hybridized carbons (Fsp3) is 0.0625. The lowest BCUT2D eigenvalue weighted by atomic mass is 9.98. The molecule has 0 saturated carbocycles. The van der Waals surface area contributed by atoms with Crippen LogP contribution in [0, 0.1) is 0 Å². The molecule has 20 heavy (non-hydrogen) atoms. The Morgan fingerprint density at radius 3 is 2.50 bits per heavy atom. The second kappa shape index (κ2) is 5.09. The van der Waals surface area contributed by atoms with Crippen molar-refractivity contribution in [2.75, 3.05) is 0 Å². The second-order valence-electron chi connectivity index (χ2n) is 4.54. The summed E-state index contributed by atoms with van der Waals surface area (Å²) in [5, 5.41) is 3.74. The Morgan fingerprint density at radius 2 is 1.75 bits per heavy atom. The first-order chi connectivity index (χ1) is 9.75. The molecule has 0 fully saturated rings. The van der Waals surface area contributed by atoms with E-state index in [1.165, 1.54) is 0 Å². The van der Waals surface area contributed by atoms with Crippen LogP contribution in [0.5, 0.6) is 0 Å². The maximum absolute atomic E-state index is 11.3. The van der Waals surface area contributed by atoms with Crippen molar-refractivity contribution in [2.24, 2.45) is 5.73 Å². The number of amides is 2. The summed E-state index contributed by atoms with van der Waals surface area (Å²) in [6, 6.07) is 16.5. The molecule has 0 aliphatic carbocycles. The molecule has 3 rings (SSSR count). The molecule has 3 aromatic rings. The standard InChI is InChI=1S/C16H14N2O2/c17-16(19)18-15(11-6-2-1-3-7-11)13-10-20-14-9-5-4-8-12(13)14/h1-10,15H,(H3,17,18,19)/t15-/m0/s1. The molecule has 3 N–H and O–H groups in total. The summed E-state index contributed by atoms with van der Waals surface area (Å²) < 4.78 is 5.54. The molecule has 1 aromatic heterocycles. The van der Waals surface area contributed by atoms with Crippen LogP contribution in [0.1, 0.15) is 17.2 Å². The van der Waals surface area contributed by atoms with E-state index in [0.29, 0.717) is 0 Å². The fourth-order valence-electron chi connectivity index (χ4n) is 2.35. The number of benzene rings is 2. The fourth-order valence-corrected chi connectivity index (χ4v) is 2.35. The van der Waals surface area contributed by atoms with E-state index in [4.69, 9.17) is 10.2 Å². The van der Waals surface area contributed by atoms with Crippen molar-refractivity contribution in [3.8, 4) is 0 Å². The van der Waals surface area contributed by atoms with Gasteiger partial charge in [0.2, 0.25) is 0 Å². The van der Waals surface area contributed by atoms with Gasteiger partial charge in [-0.15, -0.1) is 0 Å². The van der Waals surface area contributed by atoms with E-state index in [1.807, 2.05) is 54.6 Å². The van der Waals surface area contributed by atoms with Crippen LogP contribution in [-0.4, -0.2) is 6.03 Å². The minimum absolute atomic E-state index is 0.322. The van der Waals surface area contributed by atoms with Crippen LogP contribution in [-0.2, 0) is 0 Å². The number of rotatable bonds is 3. The lowest BCUT2D eigenvalue weighted by Crippen LogP contribution is -2.33. The van der Waals surface area contributed by atoms with E-state index in [0.717, 1.165) is 22.1 Å². The summed E-state index contributed by atoms with van der Waals surface area (Å²) >= 11 is 0. The number of nitrogens with two attached hydrogens (primary N) is 1. The molecule has 1 atom stereocenters. The third-order valence-corrected chi connectivity index (χ3v) is 3.24. The molecule has 0 saturated heterocycles. The topological polar surface area (TPSA) is 68.3 Å². The first-order valence-electron chi connectivity index (χ1n) is 6.33. The van der Waals surface area contributed by atoms with Gasteiger partial charge in [0.05, 0.1) is 12.3 Å². The van der Waals surface area contributed by atoms with Gasteiger partial charge in [0.25, 0.3) is 0 Å². The predicted molar refractivity (Wildman–Crippen MR) is 77.2 cm³/mol. The highest BCUT2D eigenvalue weighted by Gasteiger charge is 2.19. The summed E-state index contributed by atoms with van der Waals surface area (Å²) in [7, 11) is 0. The van der Waals surface area contributed by atoms with Crippen LogP contribution >= 0.6 is 0 Å². The number of hydrogen-bond acceptors (Lipinski definition) is 2. The summed E-state index contributed by atoms with van der Waals surface area (Å²) in [4.78, 5) is 11.3. The van der Waals surface area contributed by atoms with Crippen LogP contribution in [0.2, 0.25) is 0 Å². The molecular weight excluding hydrogens is 252 g/mol. The molecule has 4 heteroatoms. The Balaban J connectivity index is 2.12. The van der Waals surface area contributed by atoms with Crippen molar-refractivity contribution in [1.29, 1.82) is 0 Å². The van der Waals surface area contributed by atoms with Gasteiger partial charge in [-0.1, -0.05) is 48.5 Å². The normalized spacial score (nSPS) is 12.2. The van der Waals surface area contributed by atoms with Crippen molar-refractivity contribution >= 4 is 17.0 Å². The predicted octanol–water partition coefficient (Wildman–Crippen LogP) is 3.19. The van der Waals surface area contributed by atoms with E-state index in [9.17, 15) is 4.79 Å². The van der Waals surface area contributed by atoms with Gasteiger partial charge in [-0.3, -0.25) is 0 Å². The number of primary amides is 1. The number of hydrogen-bond donors (Lipinski definition) is 2. The number of urea groups is 1. The highest BCUT2D eigenvalue weighted by atomic mass is 16.3. The van der Waals surface area contributed by atoms with Crippen molar-refractivity contribution in [1.82, 2.24) is 5.32 Å². The number of para-hydroxylation sites is 1. The molecule has 2 aromatic carbocycles. The zero-order valence-electron chi connectivity index (χ0n) is 10.7. The summed E-state index contributed by atoms with van der Waals surface area (Å²) in [6.45, 7) is 0. The monoisotopic (exact) mass is 266 g/mol. The molecule has 0 radical (unpaired) electrons. The van der Waals surface area contributed by atoms with Gasteiger partial charge in [-0.2, -0.15) is 0 Å². The van der Waals surface area contributed by atoms with Crippen LogP contribution in [0.25, 0.3) is 11.0 Å². The van der Waals surface area contributed by atoms with E-state index in [-0.39, 0.29) is 6.04 Å². The molecule has 100 valence electrons. The summed E-state index contributed by atoms with van der Waals surface area (Å²) in [5.74, 6) is 0. The van der Waals surface area contributed by atoms with Crippen molar-refractivity contribution < 1.29 is 9.21 Å². The number of fused-ring (bicyclic) bond motifs is 1. The van der Waals surface area contributed by atoms with Gasteiger partial charge >= 0.3 is 6.03 Å². The highest BCUT2D eigenvalue weighted by Crippen LogP contribution is 2.30. The van der Waals surface area contributed by atoms with Gasteiger partial charge < -0.3 is 15.5 Å². The summed E-state index contributed by atoms with van der Waals surface area (Å²) in [6.07, 6.45) is 1.66. The largest absolute Gasteiger partial charge is 0.464 e. The van der Waals surface area contributed by atoms with Gasteiger partial charge in [-0.05, 0) is 11.6 Å². The quantitative estimate of drug-likeness (QED) is 0.764. The minimum atomic E-state index is -0.566. The third-order valence-electron chi connectivity index (χ3n) is 3.24. The molecule has 0 bridgehead atoms. The Labute approximate surface area is 116 Å². The van der Waals surface area contributed by atoms with Gasteiger partial charge in [-0.25, -0.2) is 4.79 Å². The number of carbonyl (C=O) groups excluding carboxylic acids is 1. The van der Waals surface area contributed by atoms with Crippen molar-refractivity contribution in [3.05, 3.63) is 72.0 Å². The maximum atomic E-state index is 11.3. The van der Waals surface area contributed by atoms with Crippen molar-refractivity contribution in [2.45, 2.75) is 6.04 Å². The maximum Gasteiger partial charge on any atom is 0.312 e. The molecule has 0 unspecified atom stereocenters. The minimum Gasteiger partial charge on any atom is -0.464 e. The molecule has 4 nitrogen and oxygen atoms in total. The second-order valence-corrected chi connectivity index (χ2v) is 4.54. The molecule has 2 amide bonds. The summed E-state index contributed by atoms with van der Waals surface area (Å²) in [5.41, 5.74) is 7.94. The zero-order valence-corrected chi connectivity index (χ0v) is 10.7. The third kappa shape index (κ3) is 2.23. The van der Waals surface area contributed by atoms with Crippen LogP contribution < -0.4 is 11.1 Å². The molecule has 1 heterocycles.